The molecule has 0 aliphatic rings. The van der Waals surface area contributed by atoms with Crippen LogP contribution in [0.3, 0.4) is 0 Å². The van der Waals surface area contributed by atoms with Crippen molar-refractivity contribution in [2.75, 3.05) is 31.3 Å². The van der Waals surface area contributed by atoms with Crippen LogP contribution in [0.2, 0.25) is 0 Å². The second-order valence-corrected chi connectivity index (χ2v) is 5.35. The van der Waals surface area contributed by atoms with E-state index >= 15 is 0 Å². The van der Waals surface area contributed by atoms with E-state index in [2.05, 4.69) is 5.32 Å². The van der Waals surface area contributed by atoms with E-state index in [-0.39, 0.29) is 23.7 Å². The SMILES string of the molecule is COCC(O)CNc1ccc(S(N)(=O)=O)cc1N. The fourth-order valence-electron chi connectivity index (χ4n) is 1.36. The van der Waals surface area contributed by atoms with E-state index in [1.54, 1.807) is 0 Å². The summed E-state index contributed by atoms with van der Waals surface area (Å²) >= 11 is 0. The minimum absolute atomic E-state index is 0.0528. The van der Waals surface area contributed by atoms with Crippen LogP contribution in [0.15, 0.2) is 23.1 Å². The fourth-order valence-corrected chi connectivity index (χ4v) is 1.91. The molecule has 1 atom stereocenters. The van der Waals surface area contributed by atoms with Gasteiger partial charge in [0.05, 0.1) is 29.0 Å². The van der Waals surface area contributed by atoms with E-state index in [0.29, 0.717) is 5.69 Å². The predicted molar refractivity (Wildman–Crippen MR) is 68.6 cm³/mol. The third-order valence-corrected chi connectivity index (χ3v) is 3.15. The Morgan fingerprint density at radius 1 is 1.50 bits per heavy atom. The minimum Gasteiger partial charge on any atom is -0.397 e. The summed E-state index contributed by atoms with van der Waals surface area (Å²) in [4.78, 5) is -0.0528. The van der Waals surface area contributed by atoms with E-state index in [9.17, 15) is 13.5 Å². The molecule has 6 N–H and O–H groups in total. The average molecular weight is 275 g/mol. The van der Waals surface area contributed by atoms with Crippen molar-refractivity contribution in [1.82, 2.24) is 0 Å². The van der Waals surface area contributed by atoms with Crippen molar-refractivity contribution >= 4 is 21.4 Å². The molecule has 0 bridgehead atoms. The molecule has 0 aliphatic heterocycles. The second kappa shape index (κ2) is 6.01. The number of methoxy groups -OCH3 is 1. The van der Waals surface area contributed by atoms with E-state index in [4.69, 9.17) is 15.6 Å². The lowest BCUT2D eigenvalue weighted by Crippen LogP contribution is -2.24. The maximum Gasteiger partial charge on any atom is 0.238 e. The van der Waals surface area contributed by atoms with Gasteiger partial charge in [-0.05, 0) is 18.2 Å². The molecule has 0 aliphatic carbocycles. The molecule has 7 nitrogen and oxygen atoms in total. The van der Waals surface area contributed by atoms with Crippen LogP contribution in [0.4, 0.5) is 11.4 Å². The Morgan fingerprint density at radius 2 is 2.17 bits per heavy atom. The lowest BCUT2D eigenvalue weighted by molar-refractivity contribution is 0.0728. The summed E-state index contributed by atoms with van der Waals surface area (Å²) in [6, 6.07) is 4.10. The molecule has 1 rings (SSSR count). The van der Waals surface area contributed by atoms with Gasteiger partial charge in [0.2, 0.25) is 10.0 Å². The molecule has 0 amide bonds. The number of rotatable bonds is 6. The van der Waals surface area contributed by atoms with Gasteiger partial charge in [0.1, 0.15) is 0 Å². The highest BCUT2D eigenvalue weighted by atomic mass is 32.2. The second-order valence-electron chi connectivity index (χ2n) is 3.78. The molecule has 0 saturated heterocycles. The number of primary sulfonamides is 1. The maximum absolute atomic E-state index is 11.1. The smallest absolute Gasteiger partial charge is 0.238 e. The number of sulfonamides is 1. The summed E-state index contributed by atoms with van der Waals surface area (Å²) in [5.41, 5.74) is 6.45. The first-order valence-electron chi connectivity index (χ1n) is 5.18. The monoisotopic (exact) mass is 275 g/mol. The Hall–Kier alpha value is -1.35. The van der Waals surface area contributed by atoms with Gasteiger partial charge in [-0.1, -0.05) is 0 Å². The quantitative estimate of drug-likeness (QED) is 0.510. The third kappa shape index (κ3) is 4.15. The third-order valence-electron chi connectivity index (χ3n) is 2.24. The molecule has 1 aromatic carbocycles. The molecule has 1 unspecified atom stereocenters. The number of nitrogens with one attached hydrogen (secondary N) is 1. The van der Waals surface area contributed by atoms with Crippen molar-refractivity contribution in [3.05, 3.63) is 18.2 Å². The number of nitrogen functional groups attached to an aromatic ring is 1. The van der Waals surface area contributed by atoms with Crippen LogP contribution in [0.25, 0.3) is 0 Å². The number of benzene rings is 1. The standard InChI is InChI=1S/C10H17N3O4S/c1-17-6-7(14)5-13-10-3-2-8(4-9(10)11)18(12,15)16/h2-4,7,13-14H,5-6,11H2,1H3,(H2,12,15,16). The zero-order valence-corrected chi connectivity index (χ0v) is 10.8. The zero-order valence-electron chi connectivity index (χ0n) is 9.96. The summed E-state index contributed by atoms with van der Waals surface area (Å²) in [6.07, 6.45) is -0.674. The van der Waals surface area contributed by atoms with Crippen LogP contribution in [0.1, 0.15) is 0 Å². The summed E-state index contributed by atoms with van der Waals surface area (Å²) in [6.45, 7) is 0.439. The highest BCUT2D eigenvalue weighted by Crippen LogP contribution is 2.21. The van der Waals surface area contributed by atoms with Crippen LogP contribution >= 0.6 is 0 Å². The molecule has 0 radical (unpaired) electrons. The zero-order chi connectivity index (χ0) is 13.8. The number of hydrogen-bond donors (Lipinski definition) is 4. The van der Waals surface area contributed by atoms with Gasteiger partial charge >= 0.3 is 0 Å². The highest BCUT2D eigenvalue weighted by molar-refractivity contribution is 7.89. The number of anilines is 2. The summed E-state index contributed by atoms with van der Waals surface area (Å²) in [5.74, 6) is 0. The molecule has 1 aromatic rings. The van der Waals surface area contributed by atoms with Gasteiger partial charge in [-0.3, -0.25) is 0 Å². The number of ether oxygens (including phenoxy) is 1. The minimum atomic E-state index is -3.76. The molecule has 0 heterocycles. The molecule has 8 heteroatoms. The van der Waals surface area contributed by atoms with Gasteiger partial charge < -0.3 is 20.9 Å². The lowest BCUT2D eigenvalue weighted by Gasteiger charge is -2.13. The van der Waals surface area contributed by atoms with Gasteiger partial charge in [0, 0.05) is 13.7 Å². The predicted octanol–water partition coefficient (Wildman–Crippen LogP) is -0.665. The average Bonchev–Trinajstić information content (AvgIpc) is 2.26. The van der Waals surface area contributed by atoms with Crippen LogP contribution in [-0.4, -0.2) is 39.9 Å². The van der Waals surface area contributed by atoms with E-state index < -0.39 is 16.1 Å². The largest absolute Gasteiger partial charge is 0.397 e. The van der Waals surface area contributed by atoms with Gasteiger partial charge in [-0.25, -0.2) is 13.6 Å². The van der Waals surface area contributed by atoms with Crippen LogP contribution in [0, 0.1) is 0 Å². The molecule has 18 heavy (non-hydrogen) atoms. The summed E-state index contributed by atoms with van der Waals surface area (Å²) in [5, 5.41) is 17.3. The van der Waals surface area contributed by atoms with Crippen molar-refractivity contribution in [3.63, 3.8) is 0 Å². The molecule has 0 fully saturated rings. The Morgan fingerprint density at radius 3 is 2.67 bits per heavy atom. The number of nitrogens with two attached hydrogens (primary N) is 2. The first-order chi connectivity index (χ1) is 8.34. The maximum atomic E-state index is 11.1. The van der Waals surface area contributed by atoms with Crippen molar-refractivity contribution in [2.24, 2.45) is 5.14 Å². The van der Waals surface area contributed by atoms with Gasteiger partial charge in [0.25, 0.3) is 0 Å². The van der Waals surface area contributed by atoms with Crippen LogP contribution in [-0.2, 0) is 14.8 Å². The van der Waals surface area contributed by atoms with Crippen LogP contribution in [0.5, 0.6) is 0 Å². The normalized spacial score (nSPS) is 13.3. The van der Waals surface area contributed by atoms with E-state index in [1.165, 1.54) is 25.3 Å². The number of aliphatic hydroxyl groups excluding tert-OH is 1. The Labute approximate surface area is 106 Å². The van der Waals surface area contributed by atoms with E-state index in [0.717, 1.165) is 0 Å². The van der Waals surface area contributed by atoms with Crippen molar-refractivity contribution in [1.29, 1.82) is 0 Å². The summed E-state index contributed by atoms with van der Waals surface area (Å²) in [7, 11) is -2.27. The molecule has 0 saturated carbocycles. The topological polar surface area (TPSA) is 128 Å². The first-order valence-corrected chi connectivity index (χ1v) is 6.72. The van der Waals surface area contributed by atoms with Gasteiger partial charge in [-0.15, -0.1) is 0 Å². The molecular weight excluding hydrogens is 258 g/mol. The van der Waals surface area contributed by atoms with Crippen molar-refractivity contribution < 1.29 is 18.3 Å². The Kier molecular flexibility index (Phi) is 4.91. The van der Waals surface area contributed by atoms with Crippen molar-refractivity contribution in [3.8, 4) is 0 Å². The molecular formula is C10H17N3O4S. The van der Waals surface area contributed by atoms with Gasteiger partial charge in [0.15, 0.2) is 0 Å². The number of hydrogen-bond acceptors (Lipinski definition) is 6. The van der Waals surface area contributed by atoms with Gasteiger partial charge in [-0.2, -0.15) is 0 Å². The Balaban J connectivity index is 2.75. The van der Waals surface area contributed by atoms with Crippen molar-refractivity contribution in [2.45, 2.75) is 11.0 Å². The first kappa shape index (κ1) is 14.7. The van der Waals surface area contributed by atoms with E-state index in [1.807, 2.05) is 0 Å². The summed E-state index contributed by atoms with van der Waals surface area (Å²) < 4.78 is 27.0. The number of aliphatic hydroxyl groups is 1. The lowest BCUT2D eigenvalue weighted by atomic mass is 10.2. The molecule has 0 spiro atoms. The Bertz CT molecular complexity index is 504. The van der Waals surface area contributed by atoms with Crippen LogP contribution < -0.4 is 16.2 Å². The fraction of sp³-hybridized carbons (Fsp3) is 0.400. The molecule has 102 valence electrons. The molecule has 0 aromatic heterocycles. The highest BCUT2D eigenvalue weighted by Gasteiger charge is 2.10.